The number of aromatic nitrogens is 1. The smallest absolute Gasteiger partial charge is 0.256 e. The zero-order valence-electron chi connectivity index (χ0n) is 17.8. The van der Waals surface area contributed by atoms with Crippen molar-refractivity contribution in [3.05, 3.63) is 95.4 Å². The molecule has 1 saturated heterocycles. The summed E-state index contributed by atoms with van der Waals surface area (Å²) in [5, 5.41) is 1.48. The SMILES string of the molecule is COc1ccc(C2c3[nH]c4ccccc4c3CC3C(=O)N(c4cccc(F)c4)C(=S)N32)cc1. The van der Waals surface area contributed by atoms with Gasteiger partial charge in [0.1, 0.15) is 17.6 Å². The van der Waals surface area contributed by atoms with E-state index >= 15 is 0 Å². The zero-order chi connectivity index (χ0) is 22.7. The maximum atomic E-state index is 14.0. The van der Waals surface area contributed by atoms with Gasteiger partial charge in [-0.05, 0) is 59.7 Å². The molecule has 0 radical (unpaired) electrons. The molecule has 1 aromatic heterocycles. The fourth-order valence-corrected chi connectivity index (χ4v) is 5.49. The summed E-state index contributed by atoms with van der Waals surface area (Å²) in [6.07, 6.45) is 0.525. The molecule has 3 aromatic carbocycles. The lowest BCUT2D eigenvalue weighted by Crippen LogP contribution is -2.44. The minimum atomic E-state index is -0.473. The maximum Gasteiger partial charge on any atom is 0.256 e. The molecule has 1 fully saturated rings. The standard InChI is InChI=1S/C26H20FN3O2S/c1-32-18-11-9-15(10-12-18)24-23-20(19-7-2-3-8-21(19)28-23)14-22-25(31)29(26(33)30(22)24)17-6-4-5-16(27)13-17/h2-13,22,24,28H,14H2,1H3. The van der Waals surface area contributed by atoms with Crippen molar-refractivity contribution in [2.45, 2.75) is 18.5 Å². The molecule has 0 aliphatic carbocycles. The molecule has 6 rings (SSSR count). The number of hydrogen-bond acceptors (Lipinski definition) is 3. The molecular formula is C26H20FN3O2S. The number of benzene rings is 3. The number of para-hydroxylation sites is 1. The molecule has 7 heteroatoms. The number of fused-ring (bicyclic) bond motifs is 4. The Morgan fingerprint density at radius 3 is 2.61 bits per heavy atom. The van der Waals surface area contributed by atoms with Crippen molar-refractivity contribution in [2.24, 2.45) is 0 Å². The third-order valence-corrected chi connectivity index (χ3v) is 6.94. The van der Waals surface area contributed by atoms with Gasteiger partial charge in [0.2, 0.25) is 0 Å². The van der Waals surface area contributed by atoms with Crippen molar-refractivity contribution < 1.29 is 13.9 Å². The summed E-state index contributed by atoms with van der Waals surface area (Å²) in [5.41, 5.74) is 4.60. The molecule has 2 atom stereocenters. The average Bonchev–Trinajstić information content (AvgIpc) is 3.32. The minimum absolute atomic E-state index is 0.139. The monoisotopic (exact) mass is 457 g/mol. The Labute approximate surface area is 195 Å². The summed E-state index contributed by atoms with van der Waals surface area (Å²) in [4.78, 5) is 20.7. The number of hydrogen-bond donors (Lipinski definition) is 1. The number of thiocarbonyl (C=S) groups is 1. The van der Waals surface area contributed by atoms with E-state index in [9.17, 15) is 9.18 Å². The van der Waals surface area contributed by atoms with Crippen LogP contribution in [0, 0.1) is 5.82 Å². The number of H-pyrrole nitrogens is 1. The molecule has 1 amide bonds. The van der Waals surface area contributed by atoms with E-state index in [1.165, 1.54) is 17.0 Å². The zero-order valence-corrected chi connectivity index (χ0v) is 18.6. The molecule has 1 N–H and O–H groups in total. The Bertz CT molecular complexity index is 1410. The first-order chi connectivity index (χ1) is 16.1. The van der Waals surface area contributed by atoms with Crippen molar-refractivity contribution >= 4 is 39.8 Å². The van der Waals surface area contributed by atoms with E-state index in [0.717, 1.165) is 33.5 Å². The third-order valence-electron chi connectivity index (χ3n) is 6.55. The van der Waals surface area contributed by atoms with E-state index < -0.39 is 11.9 Å². The number of halogens is 1. The third kappa shape index (κ3) is 2.96. The molecule has 0 spiro atoms. The van der Waals surface area contributed by atoms with Crippen LogP contribution in [-0.4, -0.2) is 34.1 Å². The number of carbonyl (C=O) groups excluding carboxylic acids is 1. The number of carbonyl (C=O) groups is 1. The first-order valence-corrected chi connectivity index (χ1v) is 11.1. The second kappa shape index (κ2) is 7.42. The van der Waals surface area contributed by atoms with Crippen molar-refractivity contribution in [2.75, 3.05) is 12.0 Å². The first-order valence-electron chi connectivity index (χ1n) is 10.7. The highest BCUT2D eigenvalue weighted by Gasteiger charge is 2.51. The van der Waals surface area contributed by atoms with Gasteiger partial charge >= 0.3 is 0 Å². The van der Waals surface area contributed by atoms with E-state index in [4.69, 9.17) is 17.0 Å². The van der Waals surface area contributed by atoms with Gasteiger partial charge in [0.25, 0.3) is 5.91 Å². The summed E-state index contributed by atoms with van der Waals surface area (Å²) < 4.78 is 19.3. The number of amides is 1. The van der Waals surface area contributed by atoms with Gasteiger partial charge < -0.3 is 14.6 Å². The largest absolute Gasteiger partial charge is 0.497 e. The van der Waals surface area contributed by atoms with E-state index in [1.807, 2.05) is 47.4 Å². The van der Waals surface area contributed by atoms with Gasteiger partial charge in [0.15, 0.2) is 5.11 Å². The second-order valence-corrected chi connectivity index (χ2v) is 8.67. The second-order valence-electron chi connectivity index (χ2n) is 8.30. The predicted octanol–water partition coefficient (Wildman–Crippen LogP) is 4.96. The van der Waals surface area contributed by atoms with Crippen LogP contribution in [0.4, 0.5) is 10.1 Å². The molecule has 33 heavy (non-hydrogen) atoms. The number of aromatic amines is 1. The molecule has 164 valence electrons. The van der Waals surface area contributed by atoms with Crippen molar-refractivity contribution in [1.29, 1.82) is 0 Å². The lowest BCUT2D eigenvalue weighted by atomic mass is 9.89. The van der Waals surface area contributed by atoms with E-state index in [0.29, 0.717) is 17.2 Å². The Kier molecular flexibility index (Phi) is 4.48. The highest BCUT2D eigenvalue weighted by Crippen LogP contribution is 2.45. The molecule has 5 nitrogen and oxygen atoms in total. The molecule has 0 bridgehead atoms. The highest BCUT2D eigenvalue weighted by atomic mass is 32.1. The quantitative estimate of drug-likeness (QED) is 0.442. The fraction of sp³-hybridized carbons (Fsp3) is 0.154. The molecule has 0 saturated carbocycles. The number of rotatable bonds is 3. The van der Waals surface area contributed by atoms with E-state index in [-0.39, 0.29) is 11.9 Å². The minimum Gasteiger partial charge on any atom is -0.497 e. The highest BCUT2D eigenvalue weighted by molar-refractivity contribution is 7.80. The van der Waals surface area contributed by atoms with Crippen LogP contribution in [0.2, 0.25) is 0 Å². The number of nitrogens with zero attached hydrogens (tertiary/aromatic N) is 2. The number of nitrogens with one attached hydrogen (secondary N) is 1. The summed E-state index contributed by atoms with van der Waals surface area (Å²) in [6, 6.07) is 21.2. The van der Waals surface area contributed by atoms with Crippen LogP contribution in [0.1, 0.15) is 22.9 Å². The van der Waals surface area contributed by atoms with E-state index in [2.05, 4.69) is 11.1 Å². The summed E-state index contributed by atoms with van der Waals surface area (Å²) in [7, 11) is 1.63. The molecule has 3 heterocycles. The normalized spacial score (nSPS) is 19.7. The van der Waals surface area contributed by atoms with Crippen LogP contribution in [0.3, 0.4) is 0 Å². The van der Waals surface area contributed by atoms with Gasteiger partial charge in [-0.3, -0.25) is 9.69 Å². The van der Waals surface area contributed by atoms with Gasteiger partial charge in [-0.1, -0.05) is 36.4 Å². The molecule has 2 aliphatic heterocycles. The predicted molar refractivity (Wildman–Crippen MR) is 129 cm³/mol. The Morgan fingerprint density at radius 2 is 1.85 bits per heavy atom. The average molecular weight is 458 g/mol. The van der Waals surface area contributed by atoms with E-state index in [1.54, 1.807) is 19.2 Å². The summed E-state index contributed by atoms with van der Waals surface area (Å²) in [6.45, 7) is 0. The Hall–Kier alpha value is -3.71. The number of anilines is 1. The van der Waals surface area contributed by atoms with Gasteiger partial charge in [-0.15, -0.1) is 0 Å². The topological polar surface area (TPSA) is 48.6 Å². The van der Waals surface area contributed by atoms with Crippen LogP contribution in [-0.2, 0) is 11.2 Å². The molecule has 4 aromatic rings. The van der Waals surface area contributed by atoms with Gasteiger partial charge in [0.05, 0.1) is 18.8 Å². The fourth-order valence-electron chi connectivity index (χ4n) is 5.06. The molecule has 2 aliphatic rings. The lowest BCUT2D eigenvalue weighted by Gasteiger charge is -2.37. The van der Waals surface area contributed by atoms with Gasteiger partial charge in [0, 0.05) is 23.0 Å². The van der Waals surface area contributed by atoms with Crippen LogP contribution in [0.15, 0.2) is 72.8 Å². The van der Waals surface area contributed by atoms with Crippen LogP contribution >= 0.6 is 12.2 Å². The van der Waals surface area contributed by atoms with Crippen molar-refractivity contribution in [3.8, 4) is 5.75 Å². The Morgan fingerprint density at radius 1 is 1.06 bits per heavy atom. The summed E-state index contributed by atoms with van der Waals surface area (Å²) >= 11 is 5.85. The Balaban J connectivity index is 1.53. The van der Waals surface area contributed by atoms with Gasteiger partial charge in [-0.25, -0.2) is 4.39 Å². The van der Waals surface area contributed by atoms with Crippen molar-refractivity contribution in [3.63, 3.8) is 0 Å². The van der Waals surface area contributed by atoms with Gasteiger partial charge in [-0.2, -0.15) is 0 Å². The lowest BCUT2D eigenvalue weighted by molar-refractivity contribution is -0.120. The van der Waals surface area contributed by atoms with Crippen LogP contribution < -0.4 is 9.64 Å². The summed E-state index contributed by atoms with van der Waals surface area (Å²) in [5.74, 6) is 0.209. The first kappa shape index (κ1) is 19.9. The molecular weight excluding hydrogens is 437 g/mol. The van der Waals surface area contributed by atoms with Crippen molar-refractivity contribution in [1.82, 2.24) is 9.88 Å². The maximum absolute atomic E-state index is 14.0. The van der Waals surface area contributed by atoms with Crippen LogP contribution in [0.25, 0.3) is 10.9 Å². The number of ether oxygens (including phenoxy) is 1. The molecule has 2 unspecified atom stereocenters. The van der Waals surface area contributed by atoms with Crippen LogP contribution in [0.5, 0.6) is 5.75 Å². The number of methoxy groups -OCH3 is 1.